The van der Waals surface area contributed by atoms with Crippen LogP contribution in [0.3, 0.4) is 0 Å². The van der Waals surface area contributed by atoms with Crippen LogP contribution in [0.1, 0.15) is 12.5 Å². The molecule has 6 heteroatoms. The summed E-state index contributed by atoms with van der Waals surface area (Å²) in [5.74, 6) is 0.280. The van der Waals surface area contributed by atoms with Gasteiger partial charge in [0, 0.05) is 45.1 Å². The topological polar surface area (TPSA) is 78.0 Å². The van der Waals surface area contributed by atoms with E-state index in [-0.39, 0.29) is 11.9 Å². The number of nitrogens with zero attached hydrogens (tertiary/aromatic N) is 4. The molecule has 104 valence electrons. The third-order valence-electron chi connectivity index (χ3n) is 3.65. The minimum Gasteiger partial charge on any atom is -0.409 e. The molecule has 1 aliphatic rings. The predicted octanol–water partition coefficient (Wildman–Crippen LogP) is 0.334. The summed E-state index contributed by atoms with van der Waals surface area (Å²) >= 11 is 0. The van der Waals surface area contributed by atoms with Crippen molar-refractivity contribution in [2.75, 3.05) is 26.2 Å². The molecule has 1 saturated heterocycles. The van der Waals surface area contributed by atoms with E-state index in [4.69, 9.17) is 10.9 Å². The minimum absolute atomic E-state index is 0.00641. The molecule has 1 aromatic heterocycles. The second-order valence-corrected chi connectivity index (χ2v) is 4.87. The molecular weight excluding hydrogens is 242 g/mol. The highest BCUT2D eigenvalue weighted by Gasteiger charge is 2.23. The molecule has 0 radical (unpaired) electrons. The highest BCUT2D eigenvalue weighted by atomic mass is 16.4. The van der Waals surface area contributed by atoms with Crippen molar-refractivity contribution in [2.24, 2.45) is 10.9 Å². The summed E-state index contributed by atoms with van der Waals surface area (Å²) in [6, 6.07) is 4.09. The number of amidine groups is 1. The molecule has 0 saturated carbocycles. The highest BCUT2D eigenvalue weighted by molar-refractivity contribution is 5.84. The number of hydrogen-bond donors (Lipinski definition) is 2. The molecule has 0 amide bonds. The van der Waals surface area contributed by atoms with Crippen LogP contribution in [0.4, 0.5) is 0 Å². The first-order valence-corrected chi connectivity index (χ1v) is 6.53. The first-order valence-electron chi connectivity index (χ1n) is 6.53. The van der Waals surface area contributed by atoms with Crippen molar-refractivity contribution in [2.45, 2.75) is 19.5 Å². The summed E-state index contributed by atoms with van der Waals surface area (Å²) in [6.07, 6.45) is 3.65. The van der Waals surface area contributed by atoms with Crippen LogP contribution in [-0.2, 0) is 6.54 Å². The van der Waals surface area contributed by atoms with Crippen LogP contribution in [-0.4, -0.2) is 58.0 Å². The lowest BCUT2D eigenvalue weighted by atomic mass is 10.2. The summed E-state index contributed by atoms with van der Waals surface area (Å²) in [6.45, 7) is 6.77. The van der Waals surface area contributed by atoms with Crippen molar-refractivity contribution >= 4 is 5.84 Å². The standard InChI is InChI=1S/C13H21N5O/c1-11(13(14)16-19)18-8-6-17(7-9-18)10-12-2-4-15-5-3-12/h2-5,11,19H,6-10H2,1H3,(H2,14,16). The van der Waals surface area contributed by atoms with Gasteiger partial charge in [0.25, 0.3) is 0 Å². The molecular formula is C13H21N5O. The van der Waals surface area contributed by atoms with Gasteiger partial charge >= 0.3 is 0 Å². The zero-order valence-electron chi connectivity index (χ0n) is 11.2. The van der Waals surface area contributed by atoms with Gasteiger partial charge in [-0.1, -0.05) is 5.16 Å². The molecule has 0 aliphatic carbocycles. The first kappa shape index (κ1) is 13.8. The van der Waals surface area contributed by atoms with Gasteiger partial charge in [-0.2, -0.15) is 0 Å². The Hall–Kier alpha value is -1.66. The van der Waals surface area contributed by atoms with Gasteiger partial charge < -0.3 is 10.9 Å². The first-order chi connectivity index (χ1) is 9.20. The number of oxime groups is 1. The van der Waals surface area contributed by atoms with E-state index in [2.05, 4.69) is 19.9 Å². The zero-order chi connectivity index (χ0) is 13.7. The molecule has 19 heavy (non-hydrogen) atoms. The van der Waals surface area contributed by atoms with E-state index >= 15 is 0 Å². The van der Waals surface area contributed by atoms with E-state index in [0.29, 0.717) is 0 Å². The number of rotatable bonds is 4. The minimum atomic E-state index is -0.00641. The molecule has 1 atom stereocenters. The van der Waals surface area contributed by atoms with Crippen LogP contribution in [0.25, 0.3) is 0 Å². The van der Waals surface area contributed by atoms with Crippen LogP contribution >= 0.6 is 0 Å². The SMILES string of the molecule is CC(C(N)=NO)N1CCN(Cc2ccncc2)CC1. The third kappa shape index (κ3) is 3.65. The average molecular weight is 263 g/mol. The molecule has 6 nitrogen and oxygen atoms in total. The second kappa shape index (κ2) is 6.49. The second-order valence-electron chi connectivity index (χ2n) is 4.87. The Balaban J connectivity index is 1.83. The van der Waals surface area contributed by atoms with Gasteiger partial charge in [0.15, 0.2) is 5.84 Å². The maximum atomic E-state index is 8.70. The summed E-state index contributed by atoms with van der Waals surface area (Å²) in [4.78, 5) is 8.67. The molecule has 0 bridgehead atoms. The van der Waals surface area contributed by atoms with Crippen molar-refractivity contribution in [1.82, 2.24) is 14.8 Å². The zero-order valence-corrected chi connectivity index (χ0v) is 11.2. The number of pyridine rings is 1. The Bertz CT molecular complexity index is 414. The maximum absolute atomic E-state index is 8.70. The molecule has 1 fully saturated rings. The Kier molecular flexibility index (Phi) is 4.70. The fraction of sp³-hybridized carbons (Fsp3) is 0.538. The Morgan fingerprint density at radius 3 is 2.58 bits per heavy atom. The van der Waals surface area contributed by atoms with Gasteiger partial charge in [0.05, 0.1) is 6.04 Å². The van der Waals surface area contributed by atoms with Gasteiger partial charge in [0.2, 0.25) is 0 Å². The van der Waals surface area contributed by atoms with E-state index in [0.717, 1.165) is 32.7 Å². The van der Waals surface area contributed by atoms with Crippen molar-refractivity contribution in [3.8, 4) is 0 Å². The van der Waals surface area contributed by atoms with Crippen LogP contribution < -0.4 is 5.73 Å². The molecule has 0 spiro atoms. The van der Waals surface area contributed by atoms with Gasteiger partial charge in [0.1, 0.15) is 0 Å². The van der Waals surface area contributed by atoms with Crippen molar-refractivity contribution in [1.29, 1.82) is 0 Å². The van der Waals surface area contributed by atoms with Crippen molar-refractivity contribution in [3.05, 3.63) is 30.1 Å². The van der Waals surface area contributed by atoms with Crippen molar-refractivity contribution < 1.29 is 5.21 Å². The monoisotopic (exact) mass is 263 g/mol. The molecule has 2 heterocycles. The number of piperazine rings is 1. The number of hydrogen-bond acceptors (Lipinski definition) is 5. The number of nitrogens with two attached hydrogens (primary N) is 1. The van der Waals surface area contributed by atoms with Gasteiger partial charge in [-0.25, -0.2) is 0 Å². The quantitative estimate of drug-likeness (QED) is 0.354. The van der Waals surface area contributed by atoms with Crippen LogP contribution in [0, 0.1) is 0 Å². The summed E-state index contributed by atoms with van der Waals surface area (Å²) < 4.78 is 0. The van der Waals surface area contributed by atoms with Crippen LogP contribution in [0.5, 0.6) is 0 Å². The van der Waals surface area contributed by atoms with Crippen LogP contribution in [0.2, 0.25) is 0 Å². The van der Waals surface area contributed by atoms with Gasteiger partial charge in [-0.3, -0.25) is 14.8 Å². The summed E-state index contributed by atoms with van der Waals surface area (Å²) in [5.41, 5.74) is 6.93. The highest BCUT2D eigenvalue weighted by Crippen LogP contribution is 2.10. The molecule has 1 aromatic rings. The van der Waals surface area contributed by atoms with E-state index in [1.54, 1.807) is 0 Å². The lowest BCUT2D eigenvalue weighted by molar-refractivity contribution is 0.116. The fourth-order valence-electron chi connectivity index (χ4n) is 2.33. The van der Waals surface area contributed by atoms with E-state index in [1.807, 2.05) is 31.5 Å². The normalized spacial score (nSPS) is 20.4. The molecule has 0 aromatic carbocycles. The largest absolute Gasteiger partial charge is 0.409 e. The van der Waals surface area contributed by atoms with Crippen molar-refractivity contribution in [3.63, 3.8) is 0 Å². The average Bonchev–Trinajstić information content (AvgIpc) is 2.47. The smallest absolute Gasteiger partial charge is 0.156 e. The summed E-state index contributed by atoms with van der Waals surface area (Å²) in [5, 5.41) is 11.8. The van der Waals surface area contributed by atoms with Gasteiger partial charge in [-0.15, -0.1) is 0 Å². The fourth-order valence-corrected chi connectivity index (χ4v) is 2.33. The maximum Gasteiger partial charge on any atom is 0.156 e. The lowest BCUT2D eigenvalue weighted by Crippen LogP contribution is -2.52. The Labute approximate surface area is 113 Å². The Morgan fingerprint density at radius 1 is 1.37 bits per heavy atom. The predicted molar refractivity (Wildman–Crippen MR) is 74.0 cm³/mol. The van der Waals surface area contributed by atoms with E-state index in [1.165, 1.54) is 5.56 Å². The third-order valence-corrected chi connectivity index (χ3v) is 3.65. The molecule has 1 aliphatic heterocycles. The number of aromatic nitrogens is 1. The molecule has 2 rings (SSSR count). The van der Waals surface area contributed by atoms with Gasteiger partial charge in [-0.05, 0) is 24.6 Å². The summed E-state index contributed by atoms with van der Waals surface area (Å²) in [7, 11) is 0. The Morgan fingerprint density at radius 2 is 2.00 bits per heavy atom. The van der Waals surface area contributed by atoms with E-state index < -0.39 is 0 Å². The lowest BCUT2D eigenvalue weighted by Gasteiger charge is -2.37. The molecule has 3 N–H and O–H groups in total. The van der Waals surface area contributed by atoms with Crippen LogP contribution in [0.15, 0.2) is 29.7 Å². The van der Waals surface area contributed by atoms with E-state index in [9.17, 15) is 0 Å². The molecule has 1 unspecified atom stereocenters.